The van der Waals surface area contributed by atoms with Crippen LogP contribution in [0.1, 0.15) is 0 Å². The molecule has 0 radical (unpaired) electrons. The fraction of sp³-hybridized carbons (Fsp3) is 0. The summed E-state index contributed by atoms with van der Waals surface area (Å²) < 4.78 is 3.33. The Morgan fingerprint density at radius 1 is 1.43 bits per heavy atom. The molecule has 0 spiro atoms. The van der Waals surface area contributed by atoms with Gasteiger partial charge in [-0.05, 0) is 0 Å². The Hall–Kier alpha value is 1.47. The van der Waals surface area contributed by atoms with Crippen molar-refractivity contribution in [1.82, 2.24) is 0 Å². The summed E-state index contributed by atoms with van der Waals surface area (Å²) in [5.41, 5.74) is 0. The van der Waals surface area contributed by atoms with E-state index in [1.165, 1.54) is 0 Å². The van der Waals surface area contributed by atoms with Gasteiger partial charge in [-0.3, -0.25) is 0 Å². The molecule has 0 bridgehead atoms. The number of hydrogen-bond acceptors (Lipinski definition) is 2. The van der Waals surface area contributed by atoms with Crippen LogP contribution in [0.4, 0.5) is 0 Å². The molecule has 1 nitrogen and oxygen atoms in total. The van der Waals surface area contributed by atoms with Crippen molar-refractivity contribution in [3.05, 3.63) is 0 Å². The van der Waals surface area contributed by atoms with Gasteiger partial charge in [0.15, 0.2) is 0 Å². The summed E-state index contributed by atoms with van der Waals surface area (Å²) in [4.78, 5) is 0. The summed E-state index contributed by atoms with van der Waals surface area (Å²) in [5.74, 6) is 0. The Kier molecular flexibility index (Phi) is 4.22. The summed E-state index contributed by atoms with van der Waals surface area (Å²) in [6.45, 7) is 0. The molecular formula is CCl3NSSn. The van der Waals surface area contributed by atoms with Crippen LogP contribution < -0.4 is 0 Å². The van der Waals surface area contributed by atoms with E-state index in [9.17, 15) is 0 Å². The average molecular weight is 283 g/mol. The molecule has 0 saturated carbocycles. The molecule has 40 valence electrons. The van der Waals surface area contributed by atoms with Crippen LogP contribution in [0.3, 0.4) is 0 Å². The monoisotopic (exact) mass is 283 g/mol. The number of isothiocyanates is 1. The topological polar surface area (TPSA) is 12.4 Å². The van der Waals surface area contributed by atoms with Gasteiger partial charge in [-0.2, -0.15) is 0 Å². The number of hydrogen-bond donors (Lipinski definition) is 0. The number of halogens is 3. The summed E-state index contributed by atoms with van der Waals surface area (Å²) >= 11 is 0.734. The molecule has 7 heavy (non-hydrogen) atoms. The average Bonchev–Trinajstić information content (AvgIpc) is 1.30. The normalized spacial score (nSPS) is 10.1. The van der Waals surface area contributed by atoms with E-state index >= 15 is 0 Å². The minimum absolute atomic E-state index is 2.01. The second-order valence-electron chi connectivity index (χ2n) is 0.671. The molecule has 0 amide bonds. The zero-order valence-corrected chi connectivity index (χ0v) is 8.93. The standard InChI is InChI=1S/CNS.3ClH.Sn/c2-1-3;;;;/h;3*1H;/q-1;;;;+4/p-3. The molecule has 0 N–H and O–H groups in total. The van der Waals surface area contributed by atoms with E-state index in [0.29, 0.717) is 0 Å². The van der Waals surface area contributed by atoms with Crippen molar-refractivity contribution in [2.75, 3.05) is 0 Å². The summed E-state index contributed by atoms with van der Waals surface area (Å²) in [7, 11) is 15.8. The third-order valence-corrected chi connectivity index (χ3v) is 3.47. The van der Waals surface area contributed by atoms with Gasteiger partial charge < -0.3 is 0 Å². The minimum atomic E-state index is -3.45. The first-order valence-electron chi connectivity index (χ1n) is 1.22. The van der Waals surface area contributed by atoms with E-state index in [2.05, 4.69) is 15.4 Å². The molecule has 0 aromatic carbocycles. The Balaban J connectivity index is 3.80. The second-order valence-corrected chi connectivity index (χ2v) is 19.1. The quantitative estimate of drug-likeness (QED) is 0.408. The molecule has 6 heteroatoms. The molecule has 0 aliphatic heterocycles. The van der Waals surface area contributed by atoms with Gasteiger partial charge in [0, 0.05) is 0 Å². The van der Waals surface area contributed by atoms with Gasteiger partial charge >= 0.3 is 62.6 Å². The number of rotatable bonds is 1. The predicted molar refractivity (Wildman–Crippen MR) is 38.3 cm³/mol. The summed E-state index contributed by atoms with van der Waals surface area (Å²) in [6.07, 6.45) is 0. The third-order valence-electron chi connectivity index (χ3n) is 0.172. The van der Waals surface area contributed by atoms with Crippen molar-refractivity contribution in [2.45, 2.75) is 0 Å². The molecule has 0 aliphatic carbocycles. The van der Waals surface area contributed by atoms with E-state index in [4.69, 9.17) is 26.8 Å². The molecule has 0 heterocycles. The molecule has 0 unspecified atom stereocenters. The first-order chi connectivity index (χ1) is 3.06. The zero-order valence-electron chi connectivity index (χ0n) is 2.99. The van der Waals surface area contributed by atoms with E-state index in [1.807, 2.05) is 5.16 Å². The van der Waals surface area contributed by atoms with Crippen LogP contribution in [-0.4, -0.2) is 20.4 Å². The van der Waals surface area contributed by atoms with Gasteiger partial charge in [0.2, 0.25) is 0 Å². The van der Waals surface area contributed by atoms with Crippen LogP contribution in [0.15, 0.2) is 3.21 Å². The van der Waals surface area contributed by atoms with Crippen molar-refractivity contribution in [1.29, 1.82) is 0 Å². The molecule has 0 atom stereocenters. The van der Waals surface area contributed by atoms with Gasteiger partial charge in [0.25, 0.3) is 0 Å². The number of nitrogens with zero attached hydrogens (tertiary/aromatic N) is 1. The summed E-state index contributed by atoms with van der Waals surface area (Å²) in [5, 5.41) is 2.01. The third kappa shape index (κ3) is 7.47. The number of thiocarbonyl (C=S) groups is 1. The van der Waals surface area contributed by atoms with E-state index in [-0.39, 0.29) is 0 Å². The molecule has 0 saturated heterocycles. The van der Waals surface area contributed by atoms with Crippen LogP contribution in [0.25, 0.3) is 0 Å². The van der Waals surface area contributed by atoms with Crippen LogP contribution in [0, 0.1) is 0 Å². The fourth-order valence-corrected chi connectivity index (χ4v) is 3.12. The van der Waals surface area contributed by atoms with Gasteiger partial charge in [0.05, 0.1) is 0 Å². The van der Waals surface area contributed by atoms with E-state index in [1.54, 1.807) is 0 Å². The molecule has 0 aromatic rings. The maximum atomic E-state index is 5.28. The van der Waals surface area contributed by atoms with E-state index < -0.39 is 15.3 Å². The van der Waals surface area contributed by atoms with Crippen molar-refractivity contribution >= 4 is 59.4 Å². The van der Waals surface area contributed by atoms with Crippen LogP contribution >= 0.6 is 39.0 Å². The zero-order chi connectivity index (χ0) is 5.91. The Morgan fingerprint density at radius 2 is 1.86 bits per heavy atom. The second kappa shape index (κ2) is 3.49. The van der Waals surface area contributed by atoms with Crippen LogP contribution in [0.5, 0.6) is 0 Å². The van der Waals surface area contributed by atoms with Crippen molar-refractivity contribution in [3.8, 4) is 0 Å². The Labute approximate surface area is 62.0 Å². The van der Waals surface area contributed by atoms with Gasteiger partial charge in [-0.1, -0.05) is 0 Å². The van der Waals surface area contributed by atoms with Gasteiger partial charge in [0.1, 0.15) is 0 Å². The van der Waals surface area contributed by atoms with Crippen LogP contribution in [0.2, 0.25) is 0 Å². The van der Waals surface area contributed by atoms with E-state index in [0.717, 1.165) is 0 Å². The molecule has 0 fully saturated rings. The summed E-state index contributed by atoms with van der Waals surface area (Å²) in [6, 6.07) is 0. The molecular weight excluding hydrogens is 283 g/mol. The van der Waals surface area contributed by atoms with Crippen molar-refractivity contribution in [3.63, 3.8) is 0 Å². The molecule has 0 rings (SSSR count). The van der Waals surface area contributed by atoms with Crippen molar-refractivity contribution < 1.29 is 0 Å². The SMILES string of the molecule is S=C=[N][Sn]([Cl])([Cl])[Cl]. The maximum absolute atomic E-state index is 5.28. The Morgan fingerprint density at radius 3 is 1.86 bits per heavy atom. The van der Waals surface area contributed by atoms with Crippen LogP contribution in [-0.2, 0) is 0 Å². The molecule has 0 aromatic heterocycles. The Bertz CT molecular complexity index is 102. The predicted octanol–water partition coefficient (Wildman–Crippen LogP) is 2.24. The van der Waals surface area contributed by atoms with Gasteiger partial charge in [-0.25, -0.2) is 0 Å². The fourth-order valence-electron chi connectivity index (χ4n) is 0.0518. The van der Waals surface area contributed by atoms with Crippen molar-refractivity contribution in [2.24, 2.45) is 3.21 Å². The first kappa shape index (κ1) is 8.47. The molecule has 0 aliphatic rings. The first-order valence-corrected chi connectivity index (χ1v) is 13.7. The van der Waals surface area contributed by atoms with Gasteiger partial charge in [-0.15, -0.1) is 0 Å².